The van der Waals surface area contributed by atoms with Crippen molar-refractivity contribution in [3.05, 3.63) is 29.3 Å². The summed E-state index contributed by atoms with van der Waals surface area (Å²) in [5.41, 5.74) is 7.17. The molecule has 82 valence electrons. The number of nitrogens with two attached hydrogens (primary N) is 1. The lowest BCUT2D eigenvalue weighted by atomic mass is 10.0. The molecule has 0 radical (unpaired) electrons. The van der Waals surface area contributed by atoms with Crippen LogP contribution in [0.4, 0.5) is 4.39 Å². The highest BCUT2D eigenvalue weighted by Gasteiger charge is 2.20. The largest absolute Gasteiger partial charge is 0.490 e. The van der Waals surface area contributed by atoms with E-state index in [0.717, 1.165) is 23.3 Å². The highest BCUT2D eigenvalue weighted by molar-refractivity contribution is 5.41. The summed E-state index contributed by atoms with van der Waals surface area (Å²) in [7, 11) is 0. The third-order valence-corrected chi connectivity index (χ3v) is 2.70. The normalized spacial score (nSPS) is 20.9. The second kappa shape index (κ2) is 4.19. The number of halogens is 1. The summed E-state index contributed by atoms with van der Waals surface area (Å²) in [6.07, 6.45) is 0.521. The quantitative estimate of drug-likeness (QED) is 0.829. The van der Waals surface area contributed by atoms with Gasteiger partial charge in [-0.25, -0.2) is 4.39 Å². The van der Waals surface area contributed by atoms with Crippen LogP contribution in [0.3, 0.4) is 0 Å². The fraction of sp³-hybridized carbons (Fsp3) is 0.500. The molecule has 2 N–H and O–H groups in total. The minimum atomic E-state index is -0.948. The van der Waals surface area contributed by atoms with Crippen LogP contribution < -0.4 is 10.5 Å². The van der Waals surface area contributed by atoms with Gasteiger partial charge in [0.25, 0.3) is 0 Å². The third-order valence-electron chi connectivity index (χ3n) is 2.70. The summed E-state index contributed by atoms with van der Waals surface area (Å²) < 4.78 is 19.1. The Bertz CT molecular complexity index is 353. The van der Waals surface area contributed by atoms with Crippen molar-refractivity contribution in [2.75, 3.05) is 6.54 Å². The molecule has 2 nitrogen and oxygen atoms in total. The summed E-state index contributed by atoms with van der Waals surface area (Å²) in [4.78, 5) is 0. The molecule has 1 aliphatic rings. The summed E-state index contributed by atoms with van der Waals surface area (Å²) in [6, 6.07) is 5.55. The first-order valence-electron chi connectivity index (χ1n) is 5.34. The van der Waals surface area contributed by atoms with E-state index < -0.39 is 6.17 Å². The van der Waals surface area contributed by atoms with E-state index in [2.05, 4.69) is 0 Å². The Labute approximate surface area is 89.2 Å². The number of alkyl halides is 1. The Balaban J connectivity index is 2.19. The van der Waals surface area contributed by atoms with Gasteiger partial charge in [0, 0.05) is 6.42 Å². The van der Waals surface area contributed by atoms with Gasteiger partial charge in [-0.2, -0.15) is 0 Å². The second-order valence-electron chi connectivity index (χ2n) is 4.04. The van der Waals surface area contributed by atoms with E-state index in [1.54, 1.807) is 6.07 Å². The van der Waals surface area contributed by atoms with Gasteiger partial charge in [0.15, 0.2) is 0 Å². The van der Waals surface area contributed by atoms with Crippen molar-refractivity contribution >= 4 is 0 Å². The van der Waals surface area contributed by atoms with Crippen LogP contribution in [0.1, 0.15) is 30.6 Å². The van der Waals surface area contributed by atoms with Gasteiger partial charge < -0.3 is 10.5 Å². The third kappa shape index (κ3) is 2.12. The first kappa shape index (κ1) is 10.4. The maximum Gasteiger partial charge on any atom is 0.126 e. The lowest BCUT2D eigenvalue weighted by molar-refractivity contribution is 0.254. The Kier molecular flexibility index (Phi) is 2.91. The SMILES string of the molecule is CC1Cc2cc(C(F)CCN)ccc2O1. The van der Waals surface area contributed by atoms with Crippen LogP contribution in [0.25, 0.3) is 0 Å². The molecule has 0 spiro atoms. The number of hydrogen-bond donors (Lipinski definition) is 1. The predicted octanol–water partition coefficient (Wildman–Crippen LogP) is 2.37. The van der Waals surface area contributed by atoms with Gasteiger partial charge in [0.05, 0.1) is 0 Å². The van der Waals surface area contributed by atoms with E-state index in [0.29, 0.717) is 13.0 Å². The standard InChI is InChI=1S/C12H16FNO/c1-8-6-10-7-9(11(13)4-5-14)2-3-12(10)15-8/h2-3,7-8,11H,4-6,14H2,1H3. The van der Waals surface area contributed by atoms with Gasteiger partial charge in [0.1, 0.15) is 18.0 Å². The monoisotopic (exact) mass is 209 g/mol. The molecule has 0 saturated heterocycles. The highest BCUT2D eigenvalue weighted by Crippen LogP contribution is 2.32. The maximum absolute atomic E-state index is 13.6. The molecule has 0 fully saturated rings. The van der Waals surface area contributed by atoms with Gasteiger partial charge in [-0.1, -0.05) is 6.07 Å². The Morgan fingerprint density at radius 3 is 3.13 bits per heavy atom. The number of hydrogen-bond acceptors (Lipinski definition) is 2. The smallest absolute Gasteiger partial charge is 0.126 e. The molecule has 0 saturated carbocycles. The van der Waals surface area contributed by atoms with Gasteiger partial charge in [-0.05, 0) is 43.1 Å². The minimum absolute atomic E-state index is 0.211. The first-order chi connectivity index (χ1) is 7.20. The average molecular weight is 209 g/mol. The van der Waals surface area contributed by atoms with Crippen molar-refractivity contribution < 1.29 is 9.13 Å². The van der Waals surface area contributed by atoms with E-state index in [9.17, 15) is 4.39 Å². The number of fused-ring (bicyclic) bond motifs is 1. The molecule has 3 heteroatoms. The topological polar surface area (TPSA) is 35.2 Å². The molecule has 0 amide bonds. The van der Waals surface area contributed by atoms with Crippen molar-refractivity contribution in [1.82, 2.24) is 0 Å². The van der Waals surface area contributed by atoms with Crippen molar-refractivity contribution in [2.45, 2.75) is 32.0 Å². The van der Waals surface area contributed by atoms with E-state index >= 15 is 0 Å². The van der Waals surface area contributed by atoms with Gasteiger partial charge >= 0.3 is 0 Å². The number of rotatable bonds is 3. The van der Waals surface area contributed by atoms with E-state index in [1.165, 1.54) is 0 Å². The van der Waals surface area contributed by atoms with Crippen molar-refractivity contribution in [3.8, 4) is 5.75 Å². The molecule has 0 bridgehead atoms. The fourth-order valence-corrected chi connectivity index (χ4v) is 1.95. The van der Waals surface area contributed by atoms with Crippen molar-refractivity contribution in [2.24, 2.45) is 5.73 Å². The van der Waals surface area contributed by atoms with E-state index in [4.69, 9.17) is 10.5 Å². The lowest BCUT2D eigenvalue weighted by Gasteiger charge is -2.08. The second-order valence-corrected chi connectivity index (χ2v) is 4.04. The molecule has 0 aromatic heterocycles. The molecule has 1 aromatic rings. The highest BCUT2D eigenvalue weighted by atomic mass is 19.1. The zero-order valence-electron chi connectivity index (χ0n) is 8.87. The van der Waals surface area contributed by atoms with Crippen LogP contribution in [-0.2, 0) is 6.42 Å². The summed E-state index contributed by atoms with van der Waals surface area (Å²) in [5.74, 6) is 0.895. The zero-order valence-corrected chi connectivity index (χ0v) is 8.87. The van der Waals surface area contributed by atoms with Crippen LogP contribution in [0.5, 0.6) is 5.75 Å². The van der Waals surface area contributed by atoms with Crippen LogP contribution in [0, 0.1) is 0 Å². The molecule has 1 heterocycles. The van der Waals surface area contributed by atoms with Crippen molar-refractivity contribution in [1.29, 1.82) is 0 Å². The van der Waals surface area contributed by atoms with Crippen LogP contribution in [-0.4, -0.2) is 12.6 Å². The molecule has 1 aromatic carbocycles. The molecule has 1 aliphatic heterocycles. The molecule has 2 unspecified atom stereocenters. The summed E-state index contributed by atoms with van der Waals surface area (Å²) in [6.45, 7) is 2.40. The number of benzene rings is 1. The zero-order chi connectivity index (χ0) is 10.8. The van der Waals surface area contributed by atoms with Gasteiger partial charge in [-0.15, -0.1) is 0 Å². The van der Waals surface area contributed by atoms with E-state index in [-0.39, 0.29) is 6.10 Å². The Morgan fingerprint density at radius 2 is 2.40 bits per heavy atom. The fourth-order valence-electron chi connectivity index (χ4n) is 1.95. The molecule has 2 rings (SSSR count). The van der Waals surface area contributed by atoms with Crippen LogP contribution in [0.15, 0.2) is 18.2 Å². The summed E-state index contributed by atoms with van der Waals surface area (Å²) >= 11 is 0. The average Bonchev–Trinajstić information content (AvgIpc) is 2.57. The molecular formula is C12H16FNO. The first-order valence-corrected chi connectivity index (χ1v) is 5.34. The lowest BCUT2D eigenvalue weighted by Crippen LogP contribution is -2.05. The Hall–Kier alpha value is -1.09. The molecule has 0 aliphatic carbocycles. The van der Waals surface area contributed by atoms with Gasteiger partial charge in [-0.3, -0.25) is 0 Å². The Morgan fingerprint density at radius 1 is 1.60 bits per heavy atom. The molecule has 15 heavy (non-hydrogen) atoms. The summed E-state index contributed by atoms with van der Waals surface area (Å²) in [5, 5.41) is 0. The van der Waals surface area contributed by atoms with Crippen molar-refractivity contribution in [3.63, 3.8) is 0 Å². The molecular weight excluding hydrogens is 193 g/mol. The predicted molar refractivity (Wildman–Crippen MR) is 57.8 cm³/mol. The maximum atomic E-state index is 13.6. The van der Waals surface area contributed by atoms with E-state index in [1.807, 2.05) is 19.1 Å². The minimum Gasteiger partial charge on any atom is -0.490 e. The van der Waals surface area contributed by atoms with Crippen LogP contribution >= 0.6 is 0 Å². The molecule has 2 atom stereocenters. The van der Waals surface area contributed by atoms with Gasteiger partial charge in [0.2, 0.25) is 0 Å². The van der Waals surface area contributed by atoms with Crippen LogP contribution in [0.2, 0.25) is 0 Å². The number of ether oxygens (including phenoxy) is 1.